The molecule has 2 nitrogen and oxygen atoms in total. The maximum atomic E-state index is 6.52. The van der Waals surface area contributed by atoms with Crippen molar-refractivity contribution in [2.24, 2.45) is 5.92 Å². The zero-order chi connectivity index (χ0) is 13.1. The van der Waals surface area contributed by atoms with Crippen molar-refractivity contribution in [2.75, 3.05) is 7.05 Å². The zero-order valence-electron chi connectivity index (χ0n) is 12.6. The van der Waals surface area contributed by atoms with Gasteiger partial charge in [-0.25, -0.2) is 0 Å². The molecular weight excluding hydrogens is 234 g/mol. The van der Waals surface area contributed by atoms with Gasteiger partial charge in [0.1, 0.15) is 0 Å². The third-order valence-corrected chi connectivity index (χ3v) is 5.95. The molecule has 1 heterocycles. The van der Waals surface area contributed by atoms with Crippen molar-refractivity contribution < 1.29 is 4.74 Å². The minimum absolute atomic E-state index is 0.324. The smallest absolute Gasteiger partial charge is 0.0687 e. The van der Waals surface area contributed by atoms with Gasteiger partial charge in [-0.2, -0.15) is 0 Å². The Bertz CT molecular complexity index is 285. The van der Waals surface area contributed by atoms with Gasteiger partial charge in [0.05, 0.1) is 11.7 Å². The maximum Gasteiger partial charge on any atom is 0.0687 e. The predicted molar refractivity (Wildman–Crippen MR) is 79.3 cm³/mol. The molecule has 2 saturated carbocycles. The molecule has 3 rings (SSSR count). The second kappa shape index (κ2) is 6.13. The molecule has 0 aromatic carbocycles. The maximum absolute atomic E-state index is 6.52. The first kappa shape index (κ1) is 13.9. The van der Waals surface area contributed by atoms with Crippen LogP contribution in [0.25, 0.3) is 0 Å². The van der Waals surface area contributed by atoms with E-state index in [1.54, 1.807) is 0 Å². The van der Waals surface area contributed by atoms with Crippen molar-refractivity contribution in [3.05, 3.63) is 0 Å². The Morgan fingerprint density at radius 3 is 2.53 bits per heavy atom. The van der Waals surface area contributed by atoms with Gasteiger partial charge in [-0.1, -0.05) is 32.1 Å². The zero-order valence-corrected chi connectivity index (χ0v) is 12.6. The molecule has 2 aliphatic carbocycles. The summed E-state index contributed by atoms with van der Waals surface area (Å²) in [7, 11) is 2.15. The third kappa shape index (κ3) is 3.16. The van der Waals surface area contributed by atoms with Crippen molar-refractivity contribution in [1.82, 2.24) is 5.32 Å². The van der Waals surface area contributed by atoms with Crippen molar-refractivity contribution >= 4 is 0 Å². The van der Waals surface area contributed by atoms with Crippen LogP contribution in [0.1, 0.15) is 77.0 Å². The monoisotopic (exact) mass is 265 g/mol. The summed E-state index contributed by atoms with van der Waals surface area (Å²) < 4.78 is 6.52. The van der Waals surface area contributed by atoms with Gasteiger partial charge in [0.15, 0.2) is 0 Å². The molecular formula is C17H31NO. The van der Waals surface area contributed by atoms with E-state index in [1.165, 1.54) is 77.0 Å². The first-order chi connectivity index (χ1) is 9.31. The Balaban J connectivity index is 1.55. The largest absolute Gasteiger partial charge is 0.372 e. The lowest BCUT2D eigenvalue weighted by atomic mass is 9.88. The predicted octanol–water partition coefficient (Wildman–Crippen LogP) is 4.04. The van der Waals surface area contributed by atoms with Crippen LogP contribution in [0.2, 0.25) is 0 Å². The number of nitrogens with one attached hydrogen (secondary N) is 1. The highest BCUT2D eigenvalue weighted by Crippen LogP contribution is 2.45. The quantitative estimate of drug-likeness (QED) is 0.778. The highest BCUT2D eigenvalue weighted by atomic mass is 16.5. The van der Waals surface area contributed by atoms with Gasteiger partial charge in [-0.3, -0.25) is 0 Å². The molecule has 1 aliphatic heterocycles. The molecule has 0 aromatic rings. The Morgan fingerprint density at radius 1 is 0.947 bits per heavy atom. The van der Waals surface area contributed by atoms with Crippen LogP contribution in [0, 0.1) is 5.92 Å². The molecule has 1 spiro atoms. The molecule has 110 valence electrons. The van der Waals surface area contributed by atoms with Gasteiger partial charge in [0, 0.05) is 6.04 Å². The van der Waals surface area contributed by atoms with Gasteiger partial charge in [-0.15, -0.1) is 0 Å². The highest BCUT2D eigenvalue weighted by molar-refractivity contribution is 4.94. The fraction of sp³-hybridized carbons (Fsp3) is 1.00. The molecule has 3 atom stereocenters. The van der Waals surface area contributed by atoms with Crippen molar-refractivity contribution in [1.29, 1.82) is 0 Å². The van der Waals surface area contributed by atoms with E-state index in [1.807, 2.05) is 0 Å². The van der Waals surface area contributed by atoms with Crippen LogP contribution in [0.15, 0.2) is 0 Å². The molecule has 0 bridgehead atoms. The van der Waals surface area contributed by atoms with Crippen LogP contribution in [0.4, 0.5) is 0 Å². The Labute approximate surface area is 118 Å². The third-order valence-electron chi connectivity index (χ3n) is 5.95. The molecule has 3 fully saturated rings. The minimum atomic E-state index is 0.324. The van der Waals surface area contributed by atoms with Gasteiger partial charge in [0.25, 0.3) is 0 Å². The Hall–Kier alpha value is -0.0800. The van der Waals surface area contributed by atoms with E-state index in [-0.39, 0.29) is 0 Å². The summed E-state index contributed by atoms with van der Waals surface area (Å²) in [6.07, 6.45) is 17.1. The number of ether oxygens (including phenoxy) is 1. The van der Waals surface area contributed by atoms with Crippen molar-refractivity contribution in [2.45, 2.75) is 94.8 Å². The summed E-state index contributed by atoms with van der Waals surface area (Å²) >= 11 is 0. The van der Waals surface area contributed by atoms with E-state index < -0.39 is 0 Å². The number of rotatable bonds is 3. The van der Waals surface area contributed by atoms with E-state index >= 15 is 0 Å². The van der Waals surface area contributed by atoms with Gasteiger partial charge >= 0.3 is 0 Å². The lowest BCUT2D eigenvalue weighted by Crippen LogP contribution is -2.35. The van der Waals surface area contributed by atoms with E-state index in [0.29, 0.717) is 11.7 Å². The number of hydrogen-bond donors (Lipinski definition) is 1. The summed E-state index contributed by atoms with van der Waals surface area (Å²) in [4.78, 5) is 0. The van der Waals surface area contributed by atoms with E-state index in [4.69, 9.17) is 4.74 Å². The first-order valence-electron chi connectivity index (χ1n) is 8.66. The standard InChI is InChI=1S/C17H31NO/c1-18-16-8-4-2-3-7-14(16)13-15-9-12-17(19-15)10-5-6-11-17/h14-16,18H,2-13H2,1H3. The summed E-state index contributed by atoms with van der Waals surface area (Å²) in [5, 5.41) is 3.57. The van der Waals surface area contributed by atoms with Crippen LogP contribution < -0.4 is 5.32 Å². The summed E-state index contributed by atoms with van der Waals surface area (Å²) in [6.45, 7) is 0. The van der Waals surface area contributed by atoms with Crippen LogP contribution in [-0.4, -0.2) is 24.8 Å². The molecule has 0 radical (unpaired) electrons. The second-order valence-electron chi connectivity index (χ2n) is 7.20. The molecule has 0 aromatic heterocycles. The van der Waals surface area contributed by atoms with Gasteiger partial charge < -0.3 is 10.1 Å². The molecule has 19 heavy (non-hydrogen) atoms. The summed E-state index contributed by atoms with van der Waals surface area (Å²) in [6, 6.07) is 0.742. The molecule has 2 heteroatoms. The van der Waals surface area contributed by atoms with Crippen LogP contribution in [0.3, 0.4) is 0 Å². The van der Waals surface area contributed by atoms with Crippen molar-refractivity contribution in [3.8, 4) is 0 Å². The van der Waals surface area contributed by atoms with E-state index in [2.05, 4.69) is 12.4 Å². The number of hydrogen-bond acceptors (Lipinski definition) is 2. The second-order valence-corrected chi connectivity index (χ2v) is 7.20. The average molecular weight is 265 g/mol. The topological polar surface area (TPSA) is 21.3 Å². The molecule has 0 amide bonds. The van der Waals surface area contributed by atoms with Gasteiger partial charge in [0.2, 0.25) is 0 Å². The summed E-state index contributed by atoms with van der Waals surface area (Å²) in [5.41, 5.74) is 0.324. The lowest BCUT2D eigenvalue weighted by Gasteiger charge is -2.29. The van der Waals surface area contributed by atoms with Crippen LogP contribution in [-0.2, 0) is 4.74 Å². The fourth-order valence-electron chi connectivity index (χ4n) is 4.83. The molecule has 1 N–H and O–H groups in total. The molecule has 3 unspecified atom stereocenters. The molecule has 1 saturated heterocycles. The van der Waals surface area contributed by atoms with E-state index in [0.717, 1.165) is 12.0 Å². The fourth-order valence-corrected chi connectivity index (χ4v) is 4.83. The Kier molecular flexibility index (Phi) is 4.48. The normalized spacial score (nSPS) is 38.7. The van der Waals surface area contributed by atoms with Gasteiger partial charge in [-0.05, 0) is 57.9 Å². The highest BCUT2D eigenvalue weighted by Gasteiger charge is 2.42. The Morgan fingerprint density at radius 2 is 1.74 bits per heavy atom. The van der Waals surface area contributed by atoms with E-state index in [9.17, 15) is 0 Å². The minimum Gasteiger partial charge on any atom is -0.372 e. The average Bonchev–Trinajstić information content (AvgIpc) is 2.97. The van der Waals surface area contributed by atoms with Crippen LogP contribution >= 0.6 is 0 Å². The van der Waals surface area contributed by atoms with Crippen LogP contribution in [0.5, 0.6) is 0 Å². The summed E-state index contributed by atoms with van der Waals surface area (Å²) in [5.74, 6) is 0.856. The molecule has 3 aliphatic rings. The SMILES string of the molecule is CNC1CCCCCC1CC1CCC2(CCCC2)O1. The lowest BCUT2D eigenvalue weighted by molar-refractivity contribution is -0.0461. The first-order valence-corrected chi connectivity index (χ1v) is 8.66. The van der Waals surface area contributed by atoms with Crippen molar-refractivity contribution in [3.63, 3.8) is 0 Å².